The van der Waals surface area contributed by atoms with Crippen molar-refractivity contribution in [3.8, 4) is 5.75 Å². The number of para-hydroxylation sites is 3. The number of nitrogens with zero attached hydrogens (tertiary/aromatic N) is 2. The van der Waals surface area contributed by atoms with Crippen LogP contribution in [0.1, 0.15) is 24.0 Å². The van der Waals surface area contributed by atoms with Crippen molar-refractivity contribution >= 4 is 23.8 Å². The maximum atomic E-state index is 13.2. The summed E-state index contributed by atoms with van der Waals surface area (Å²) in [7, 11) is 0. The van der Waals surface area contributed by atoms with Gasteiger partial charge in [0.1, 0.15) is 18.2 Å². The van der Waals surface area contributed by atoms with Crippen LogP contribution in [0.4, 0.5) is 15.8 Å². The van der Waals surface area contributed by atoms with Crippen LogP contribution in [0.5, 0.6) is 5.75 Å². The monoisotopic (exact) mass is 438 g/mol. The molecule has 1 fully saturated rings. The molecule has 3 nitrogen and oxygen atoms in total. The largest absolute Gasteiger partial charge is 0.487 e. The third kappa shape index (κ3) is 4.70. The third-order valence-electron chi connectivity index (χ3n) is 6.31. The molecule has 31 heavy (non-hydrogen) atoms. The van der Waals surface area contributed by atoms with Crippen molar-refractivity contribution in [1.82, 2.24) is 4.90 Å². The van der Waals surface area contributed by atoms with Gasteiger partial charge in [0.05, 0.1) is 5.69 Å². The lowest BCUT2D eigenvalue weighted by Gasteiger charge is -2.32. The fourth-order valence-corrected chi connectivity index (χ4v) is 4.71. The summed E-state index contributed by atoms with van der Waals surface area (Å²) in [5.41, 5.74) is 4.81. The highest BCUT2D eigenvalue weighted by Crippen LogP contribution is 2.40. The van der Waals surface area contributed by atoms with Crippen LogP contribution in [0.25, 0.3) is 0 Å². The molecule has 0 aliphatic carbocycles. The van der Waals surface area contributed by atoms with Gasteiger partial charge in [-0.3, -0.25) is 4.90 Å². The van der Waals surface area contributed by atoms with E-state index in [1.165, 1.54) is 29.7 Å². The van der Waals surface area contributed by atoms with Crippen molar-refractivity contribution in [3.63, 3.8) is 0 Å². The maximum absolute atomic E-state index is 13.2. The second-order valence-electron chi connectivity index (χ2n) is 8.20. The van der Waals surface area contributed by atoms with Gasteiger partial charge in [-0.1, -0.05) is 42.5 Å². The van der Waals surface area contributed by atoms with Crippen molar-refractivity contribution in [2.75, 3.05) is 24.5 Å². The number of hydrogen-bond acceptors (Lipinski definition) is 3. The molecule has 2 heterocycles. The topological polar surface area (TPSA) is 15.7 Å². The minimum absolute atomic E-state index is 0. The quantitative estimate of drug-likeness (QED) is 0.487. The van der Waals surface area contributed by atoms with Gasteiger partial charge in [0.2, 0.25) is 0 Å². The SMILES string of the molecule is Cl.Fc1ccc(CCN2CCC[C@@H]2CN2c3ccccc3COc3ccccc32)cc1. The summed E-state index contributed by atoms with van der Waals surface area (Å²) in [5.74, 6) is 0.781. The highest BCUT2D eigenvalue weighted by Gasteiger charge is 2.29. The number of rotatable bonds is 5. The number of ether oxygens (including phenoxy) is 1. The van der Waals surface area contributed by atoms with E-state index < -0.39 is 0 Å². The second-order valence-corrected chi connectivity index (χ2v) is 8.20. The summed E-state index contributed by atoms with van der Waals surface area (Å²) < 4.78 is 19.3. The molecule has 0 amide bonds. The molecule has 0 N–H and O–H groups in total. The molecular weight excluding hydrogens is 411 g/mol. The van der Waals surface area contributed by atoms with Crippen molar-refractivity contribution in [2.45, 2.75) is 31.9 Å². The van der Waals surface area contributed by atoms with E-state index in [1.807, 2.05) is 18.2 Å². The molecule has 1 atom stereocenters. The molecular formula is C26H28ClFN2O. The Morgan fingerprint density at radius 1 is 0.903 bits per heavy atom. The van der Waals surface area contributed by atoms with Gasteiger partial charge < -0.3 is 9.64 Å². The number of anilines is 2. The molecule has 1 saturated heterocycles. The fourth-order valence-electron chi connectivity index (χ4n) is 4.71. The van der Waals surface area contributed by atoms with Crippen LogP contribution in [0.15, 0.2) is 72.8 Å². The number of benzene rings is 3. The Morgan fingerprint density at radius 2 is 1.65 bits per heavy atom. The zero-order valence-corrected chi connectivity index (χ0v) is 18.4. The molecule has 0 bridgehead atoms. The van der Waals surface area contributed by atoms with Gasteiger partial charge >= 0.3 is 0 Å². The number of likely N-dealkylation sites (tertiary alicyclic amines) is 1. The van der Waals surface area contributed by atoms with Crippen LogP contribution in [0.2, 0.25) is 0 Å². The standard InChI is InChI=1S/C26H27FN2O.ClH/c27-22-13-11-20(12-14-22)15-17-28-16-5-7-23(28)18-29-24-8-2-1-6-21(24)19-30-26-10-4-3-9-25(26)29;/h1-4,6,8-14,23H,5,7,15-19H2;1H/t23-;/m1./s1. The van der Waals surface area contributed by atoms with Gasteiger partial charge in [0.15, 0.2) is 0 Å². The van der Waals surface area contributed by atoms with Crippen LogP contribution in [0.3, 0.4) is 0 Å². The van der Waals surface area contributed by atoms with Gasteiger partial charge in [0, 0.05) is 30.4 Å². The molecule has 0 unspecified atom stereocenters. The first-order valence-electron chi connectivity index (χ1n) is 10.8. The molecule has 0 aromatic heterocycles. The maximum Gasteiger partial charge on any atom is 0.143 e. The van der Waals surface area contributed by atoms with E-state index in [9.17, 15) is 4.39 Å². The van der Waals surface area contributed by atoms with E-state index in [0.717, 1.165) is 37.5 Å². The molecule has 0 radical (unpaired) electrons. The lowest BCUT2D eigenvalue weighted by atomic mass is 10.1. The van der Waals surface area contributed by atoms with E-state index in [1.54, 1.807) is 12.1 Å². The smallest absolute Gasteiger partial charge is 0.143 e. The lowest BCUT2D eigenvalue weighted by Crippen LogP contribution is -2.39. The Kier molecular flexibility index (Phi) is 6.79. The average Bonchev–Trinajstić information content (AvgIpc) is 3.16. The lowest BCUT2D eigenvalue weighted by molar-refractivity contribution is 0.261. The summed E-state index contributed by atoms with van der Waals surface area (Å²) >= 11 is 0. The van der Waals surface area contributed by atoms with Crippen LogP contribution in [0, 0.1) is 5.82 Å². The molecule has 2 aliphatic rings. The van der Waals surface area contributed by atoms with Gasteiger partial charge in [0.25, 0.3) is 0 Å². The first-order chi connectivity index (χ1) is 14.8. The van der Waals surface area contributed by atoms with E-state index in [4.69, 9.17) is 4.74 Å². The third-order valence-corrected chi connectivity index (χ3v) is 6.31. The molecule has 5 heteroatoms. The highest BCUT2D eigenvalue weighted by molar-refractivity contribution is 5.85. The molecule has 3 aromatic rings. The Balaban J connectivity index is 0.00000231. The van der Waals surface area contributed by atoms with E-state index in [0.29, 0.717) is 12.6 Å². The van der Waals surface area contributed by atoms with E-state index in [2.05, 4.69) is 52.3 Å². The van der Waals surface area contributed by atoms with Gasteiger partial charge in [-0.25, -0.2) is 4.39 Å². The molecule has 0 saturated carbocycles. The van der Waals surface area contributed by atoms with Crippen molar-refractivity contribution in [1.29, 1.82) is 0 Å². The van der Waals surface area contributed by atoms with E-state index in [-0.39, 0.29) is 18.2 Å². The Hall–Kier alpha value is -2.56. The zero-order chi connectivity index (χ0) is 20.3. The second kappa shape index (κ2) is 9.71. The van der Waals surface area contributed by atoms with Crippen LogP contribution in [-0.2, 0) is 13.0 Å². The summed E-state index contributed by atoms with van der Waals surface area (Å²) in [4.78, 5) is 5.04. The van der Waals surface area contributed by atoms with Crippen molar-refractivity contribution in [2.24, 2.45) is 0 Å². The summed E-state index contributed by atoms with van der Waals surface area (Å²) in [6, 6.07) is 24.3. The minimum Gasteiger partial charge on any atom is -0.487 e. The minimum atomic E-state index is -0.168. The predicted molar refractivity (Wildman–Crippen MR) is 126 cm³/mol. The predicted octanol–water partition coefficient (Wildman–Crippen LogP) is 5.99. The summed E-state index contributed by atoms with van der Waals surface area (Å²) in [6.07, 6.45) is 3.37. The van der Waals surface area contributed by atoms with E-state index >= 15 is 0 Å². The molecule has 162 valence electrons. The van der Waals surface area contributed by atoms with Crippen molar-refractivity contribution < 1.29 is 9.13 Å². The van der Waals surface area contributed by atoms with Crippen LogP contribution >= 0.6 is 12.4 Å². The summed E-state index contributed by atoms with van der Waals surface area (Å²) in [5, 5.41) is 0. The Bertz CT molecular complexity index is 963. The first-order valence-corrected chi connectivity index (χ1v) is 10.8. The van der Waals surface area contributed by atoms with Gasteiger partial charge in [-0.15, -0.1) is 12.4 Å². The Labute approximate surface area is 189 Å². The number of halogens is 2. The molecule has 2 aliphatic heterocycles. The van der Waals surface area contributed by atoms with Crippen LogP contribution in [-0.4, -0.2) is 30.6 Å². The zero-order valence-electron chi connectivity index (χ0n) is 17.5. The Morgan fingerprint density at radius 3 is 2.48 bits per heavy atom. The van der Waals surface area contributed by atoms with Gasteiger partial charge in [-0.2, -0.15) is 0 Å². The number of fused-ring (bicyclic) bond motifs is 2. The average molecular weight is 439 g/mol. The van der Waals surface area contributed by atoms with Gasteiger partial charge in [-0.05, 0) is 61.7 Å². The summed E-state index contributed by atoms with van der Waals surface area (Å²) in [6.45, 7) is 3.67. The molecule has 3 aromatic carbocycles. The van der Waals surface area contributed by atoms with Crippen molar-refractivity contribution in [3.05, 3.63) is 89.7 Å². The first kappa shape index (κ1) is 21.7. The fraction of sp³-hybridized carbons (Fsp3) is 0.308. The molecule has 0 spiro atoms. The number of hydrogen-bond donors (Lipinski definition) is 0. The highest BCUT2D eigenvalue weighted by atomic mass is 35.5. The molecule has 5 rings (SSSR count). The normalized spacial score (nSPS) is 17.8. The van der Waals surface area contributed by atoms with Crippen LogP contribution < -0.4 is 9.64 Å².